The van der Waals surface area contributed by atoms with Gasteiger partial charge < -0.3 is 44.2 Å². The molecular formula is C48H57Cl2F2N5O9. The number of likely N-dealkylation sites (N-methyl/N-ethyl adjacent to an activating group) is 1. The topological polar surface area (TPSA) is 163 Å². The smallest absolute Gasteiger partial charge is 0.344 e. The van der Waals surface area contributed by atoms with Crippen molar-refractivity contribution in [3.8, 4) is 5.75 Å². The first kappa shape index (κ1) is 46.6. The van der Waals surface area contributed by atoms with Crippen LogP contribution in [0.4, 0.5) is 20.2 Å². The van der Waals surface area contributed by atoms with Gasteiger partial charge in [0, 0.05) is 103 Å². The van der Waals surface area contributed by atoms with Crippen LogP contribution in [0.1, 0.15) is 68.8 Å². The number of H-pyrrole nitrogens is 1. The zero-order valence-corrected chi connectivity index (χ0v) is 39.7. The highest BCUT2D eigenvalue weighted by atomic mass is 35.5. The largest absolute Gasteiger partial charge is 0.496 e. The number of hydrogen-bond donors (Lipinski definition) is 3. The Bertz CT molecular complexity index is 2530. The van der Waals surface area contributed by atoms with E-state index in [2.05, 4.69) is 15.2 Å². The molecule has 356 valence electrons. The van der Waals surface area contributed by atoms with E-state index >= 15 is 13.6 Å². The highest BCUT2D eigenvalue weighted by molar-refractivity contribution is 6.54. The van der Waals surface area contributed by atoms with Crippen molar-refractivity contribution in [2.24, 2.45) is 17.3 Å². The fraction of sp³-hybridized carbons (Fsp3) is 0.583. The highest BCUT2D eigenvalue weighted by Gasteiger charge is 2.80. The third-order valence-corrected chi connectivity index (χ3v) is 16.5. The van der Waals surface area contributed by atoms with Crippen LogP contribution < -0.4 is 15.0 Å². The minimum atomic E-state index is -3.00. The molecule has 2 saturated heterocycles. The SMILES string of the molecule is CC[C@]12C=CCN3CC[C@@]4(c5cc([C@@]6(C(=O)OC)C[C@H]7C[C@@H](C(C)(F)F)CN(CCc8c6[nH]c6ccc(NC(=O)C(Cl)Cl)cc86)C7)c(OC)cc5N(C)[C@H]4[C@@](O)(C(=O)OC)[C@@H]1OC(C)=O)[C@@H]32. The molecule has 1 saturated carbocycles. The highest BCUT2D eigenvalue weighted by Crippen LogP contribution is 2.68. The van der Waals surface area contributed by atoms with Gasteiger partial charge in [-0.05, 0) is 86.9 Å². The first-order valence-electron chi connectivity index (χ1n) is 22.5. The Hall–Kier alpha value is -4.48. The van der Waals surface area contributed by atoms with Crippen LogP contribution in [0.25, 0.3) is 10.9 Å². The van der Waals surface area contributed by atoms with Crippen molar-refractivity contribution in [2.45, 2.75) is 98.3 Å². The predicted octanol–water partition coefficient (Wildman–Crippen LogP) is 5.86. The van der Waals surface area contributed by atoms with Gasteiger partial charge in [0.25, 0.3) is 5.91 Å². The summed E-state index contributed by atoms with van der Waals surface area (Å²) in [7, 11) is 5.80. The molecule has 10 atom stereocenters. The molecule has 3 N–H and O–H groups in total. The number of aliphatic hydroxyl groups is 1. The molecule has 1 aliphatic carbocycles. The Morgan fingerprint density at radius 3 is 2.42 bits per heavy atom. The van der Waals surface area contributed by atoms with E-state index in [1.807, 2.05) is 41.0 Å². The molecule has 1 unspecified atom stereocenters. The monoisotopic (exact) mass is 955 g/mol. The van der Waals surface area contributed by atoms with E-state index in [9.17, 15) is 19.5 Å². The number of benzene rings is 2. The molecule has 1 spiro atoms. The molecule has 2 aromatic carbocycles. The summed E-state index contributed by atoms with van der Waals surface area (Å²) in [6, 6.07) is 7.59. The zero-order chi connectivity index (χ0) is 47.5. The number of alkyl halides is 4. The number of hydrogen-bond acceptors (Lipinski definition) is 12. The molecule has 5 aliphatic heterocycles. The Balaban J connectivity index is 1.35. The van der Waals surface area contributed by atoms with Gasteiger partial charge in [-0.1, -0.05) is 42.3 Å². The average Bonchev–Trinajstić information content (AvgIpc) is 3.94. The minimum absolute atomic E-state index is 0.0472. The van der Waals surface area contributed by atoms with Crippen molar-refractivity contribution in [3.05, 3.63) is 64.9 Å². The van der Waals surface area contributed by atoms with Crippen LogP contribution in [-0.2, 0) is 50.6 Å². The van der Waals surface area contributed by atoms with Crippen molar-refractivity contribution < 1.29 is 52.0 Å². The van der Waals surface area contributed by atoms with Gasteiger partial charge in [0.05, 0.1) is 27.4 Å². The summed E-state index contributed by atoms with van der Waals surface area (Å²) in [4.78, 5) is 64.2. The van der Waals surface area contributed by atoms with Crippen LogP contribution in [0.15, 0.2) is 42.5 Å². The second-order valence-electron chi connectivity index (χ2n) is 19.3. The molecule has 0 radical (unpaired) electrons. The Labute approximate surface area is 392 Å². The van der Waals surface area contributed by atoms with Gasteiger partial charge in [0.1, 0.15) is 11.2 Å². The number of ether oxygens (including phenoxy) is 4. The number of esters is 3. The lowest BCUT2D eigenvalue weighted by Gasteiger charge is -2.63. The van der Waals surface area contributed by atoms with E-state index in [0.29, 0.717) is 79.0 Å². The number of nitrogens with one attached hydrogen (secondary N) is 2. The molecule has 3 fully saturated rings. The molecule has 1 aromatic heterocycles. The van der Waals surface area contributed by atoms with Crippen molar-refractivity contribution in [2.75, 3.05) is 71.3 Å². The number of aromatic amines is 1. The molecule has 3 aromatic rings. The number of carbonyl (C=O) groups excluding carboxylic acids is 4. The molecule has 6 aliphatic rings. The van der Waals surface area contributed by atoms with E-state index in [0.717, 1.165) is 18.1 Å². The van der Waals surface area contributed by atoms with Crippen LogP contribution in [0, 0.1) is 17.3 Å². The van der Waals surface area contributed by atoms with Crippen LogP contribution in [0.2, 0.25) is 0 Å². The molecule has 66 heavy (non-hydrogen) atoms. The van der Waals surface area contributed by atoms with Crippen LogP contribution >= 0.6 is 23.2 Å². The van der Waals surface area contributed by atoms with Crippen molar-refractivity contribution in [3.63, 3.8) is 0 Å². The first-order valence-corrected chi connectivity index (χ1v) is 23.4. The summed E-state index contributed by atoms with van der Waals surface area (Å²) >= 11 is 11.8. The van der Waals surface area contributed by atoms with E-state index in [1.54, 1.807) is 25.2 Å². The maximum Gasteiger partial charge on any atom is 0.344 e. The van der Waals surface area contributed by atoms with E-state index in [1.165, 1.54) is 28.3 Å². The van der Waals surface area contributed by atoms with Gasteiger partial charge in [0.15, 0.2) is 10.9 Å². The Kier molecular flexibility index (Phi) is 11.5. The lowest BCUT2D eigenvalue weighted by atomic mass is 9.47. The summed E-state index contributed by atoms with van der Waals surface area (Å²) in [5.41, 5.74) is -2.20. The quantitative estimate of drug-likeness (QED) is 0.102. The number of fused-ring (bicyclic) bond motifs is 6. The normalized spacial score (nSPS) is 33.4. The third kappa shape index (κ3) is 6.54. The number of piperidine rings is 1. The fourth-order valence-corrected chi connectivity index (χ4v) is 13.9. The Morgan fingerprint density at radius 2 is 1.77 bits per heavy atom. The summed E-state index contributed by atoms with van der Waals surface area (Å²) in [5, 5.41) is 16.8. The summed E-state index contributed by atoms with van der Waals surface area (Å²) in [6.45, 7) is 6.31. The summed E-state index contributed by atoms with van der Waals surface area (Å²) in [6.07, 6.45) is 3.99. The van der Waals surface area contributed by atoms with Crippen LogP contribution in [-0.4, -0.2) is 139 Å². The molecule has 14 nitrogen and oxygen atoms in total. The second kappa shape index (κ2) is 16.3. The second-order valence-corrected chi connectivity index (χ2v) is 20.4. The predicted molar refractivity (Wildman–Crippen MR) is 243 cm³/mol. The summed E-state index contributed by atoms with van der Waals surface area (Å²) < 4.78 is 54.8. The fourth-order valence-electron chi connectivity index (χ4n) is 13.8. The number of methoxy groups -OCH3 is 3. The van der Waals surface area contributed by atoms with E-state index in [-0.39, 0.29) is 25.1 Å². The number of rotatable bonds is 9. The van der Waals surface area contributed by atoms with E-state index < -0.39 is 86.4 Å². The number of aromatic nitrogens is 1. The maximum atomic E-state index is 15.5. The van der Waals surface area contributed by atoms with Crippen molar-refractivity contribution in [1.29, 1.82) is 0 Å². The lowest BCUT2D eigenvalue weighted by molar-refractivity contribution is -0.228. The van der Waals surface area contributed by atoms with Gasteiger partial charge in [-0.3, -0.25) is 19.3 Å². The Morgan fingerprint density at radius 1 is 1.03 bits per heavy atom. The number of carbonyl (C=O) groups is 4. The van der Waals surface area contributed by atoms with E-state index in [4.69, 9.17) is 42.1 Å². The molecule has 18 heteroatoms. The molecular weight excluding hydrogens is 899 g/mol. The van der Waals surface area contributed by atoms with Gasteiger partial charge in [-0.15, -0.1) is 0 Å². The van der Waals surface area contributed by atoms with Crippen LogP contribution in [0.5, 0.6) is 5.75 Å². The third-order valence-electron chi connectivity index (χ3n) is 16.1. The molecule has 6 heterocycles. The van der Waals surface area contributed by atoms with Crippen molar-refractivity contribution >= 4 is 69.3 Å². The van der Waals surface area contributed by atoms with Gasteiger partial charge >= 0.3 is 17.9 Å². The van der Waals surface area contributed by atoms with Gasteiger partial charge in [-0.25, -0.2) is 13.6 Å². The lowest BCUT2D eigenvalue weighted by Crippen LogP contribution is -2.81. The molecule has 9 rings (SSSR count). The number of amides is 1. The van der Waals surface area contributed by atoms with Crippen LogP contribution in [0.3, 0.4) is 0 Å². The first-order chi connectivity index (χ1) is 31.3. The van der Waals surface area contributed by atoms with Crippen molar-refractivity contribution in [1.82, 2.24) is 14.8 Å². The number of anilines is 2. The molecule has 2 bridgehead atoms. The zero-order valence-electron chi connectivity index (χ0n) is 38.1. The molecule has 1 amide bonds. The van der Waals surface area contributed by atoms with Gasteiger partial charge in [-0.2, -0.15) is 0 Å². The minimum Gasteiger partial charge on any atom is -0.496 e. The summed E-state index contributed by atoms with van der Waals surface area (Å²) in [5.74, 6) is -7.03. The van der Waals surface area contributed by atoms with Gasteiger partial charge in [0.2, 0.25) is 11.5 Å². The number of nitrogens with zero attached hydrogens (tertiary/aromatic N) is 3. The maximum absolute atomic E-state index is 15.5. The number of halogens is 4. The average molecular weight is 957 g/mol. The standard InChI is InChI=1S/C48H57Cl2F2N5O9/c1-8-45-13-9-15-57-17-14-46(39(45)57)31-20-32(35(63-5)21-34(31)55(4)40(46)48(62,43(61)65-7)41(45)66-25(2)58)47(42(60)64-6)22-26-18-27(44(3,51)52)24-56(23-26)16-12-29-30-19-28(53-38(59)37(49)50)10-11-33(30)54-36(29)47/h9-11,13,19-21,26-27,37,39-41,54,62H,8,12,14-18,22-24H2,1-7H3,(H,53,59)/t26-,27-,39+,40-,41-,45-,46-,47+,48+/m1/s1.